The van der Waals surface area contributed by atoms with E-state index in [1.54, 1.807) is 20.8 Å². The van der Waals surface area contributed by atoms with E-state index in [2.05, 4.69) is 9.89 Å². The van der Waals surface area contributed by atoms with Crippen LogP contribution in [0.25, 0.3) is 0 Å². The minimum absolute atomic E-state index is 0.0323. The van der Waals surface area contributed by atoms with Gasteiger partial charge >= 0.3 is 17.8 Å². The molecule has 152 valence electrons. The van der Waals surface area contributed by atoms with Gasteiger partial charge in [0.25, 0.3) is 0 Å². The molecular weight excluding hydrogens is 366 g/mol. The summed E-state index contributed by atoms with van der Waals surface area (Å²) >= 11 is 0. The monoisotopic (exact) mass is 391 g/mol. The van der Waals surface area contributed by atoms with Crippen LogP contribution in [-0.2, 0) is 20.8 Å². The minimum atomic E-state index is -4.89. The van der Waals surface area contributed by atoms with Gasteiger partial charge in [-0.25, -0.2) is 4.79 Å². The molecular formula is C19H25F4NO3. The number of esters is 1. The number of aryl methyl sites for hydroxylation is 1. The Balaban J connectivity index is 2.46. The van der Waals surface area contributed by atoms with Crippen LogP contribution in [0.2, 0.25) is 0 Å². The molecule has 0 aliphatic carbocycles. The summed E-state index contributed by atoms with van der Waals surface area (Å²) in [4.78, 5) is 16.5. The number of ether oxygens (including phenoxy) is 1. The third-order valence-corrected chi connectivity index (χ3v) is 4.10. The van der Waals surface area contributed by atoms with Gasteiger partial charge in [-0.1, -0.05) is 49.3 Å². The fourth-order valence-electron chi connectivity index (χ4n) is 1.87. The van der Waals surface area contributed by atoms with E-state index in [4.69, 9.17) is 4.84 Å². The summed E-state index contributed by atoms with van der Waals surface area (Å²) in [6.07, 6.45) is 1.55. The largest absolute Gasteiger partial charge is 0.460 e. The molecule has 0 N–H and O–H groups in total. The average molecular weight is 391 g/mol. The Kier molecular flexibility index (Phi) is 7.80. The highest BCUT2D eigenvalue weighted by Crippen LogP contribution is 2.35. The first kappa shape index (κ1) is 22.9. The van der Waals surface area contributed by atoms with Crippen LogP contribution in [0.3, 0.4) is 0 Å². The van der Waals surface area contributed by atoms with E-state index in [9.17, 15) is 22.4 Å². The van der Waals surface area contributed by atoms with Gasteiger partial charge in [-0.15, -0.1) is 0 Å². The summed E-state index contributed by atoms with van der Waals surface area (Å²) in [6, 6.07) is 9.82. The fourth-order valence-corrected chi connectivity index (χ4v) is 1.87. The molecule has 0 heterocycles. The molecule has 0 atom stereocenters. The van der Waals surface area contributed by atoms with Gasteiger partial charge in [0.05, 0.1) is 5.71 Å². The van der Waals surface area contributed by atoms with E-state index in [0.29, 0.717) is 12.3 Å². The summed E-state index contributed by atoms with van der Waals surface area (Å²) in [5.41, 5.74) is 0.609. The molecule has 8 heteroatoms. The Morgan fingerprint density at radius 2 is 1.67 bits per heavy atom. The van der Waals surface area contributed by atoms with Gasteiger partial charge in [-0.2, -0.15) is 17.6 Å². The Bertz CT molecular complexity index is 640. The summed E-state index contributed by atoms with van der Waals surface area (Å²) in [6.45, 7) is 4.53. The van der Waals surface area contributed by atoms with Crippen molar-refractivity contribution in [2.45, 2.75) is 52.4 Å². The molecule has 0 aliphatic rings. The van der Waals surface area contributed by atoms with Crippen LogP contribution < -0.4 is 0 Å². The van der Waals surface area contributed by atoms with E-state index >= 15 is 0 Å². The molecule has 27 heavy (non-hydrogen) atoms. The predicted octanol–water partition coefficient (Wildman–Crippen LogP) is 4.87. The molecule has 1 aromatic rings. The standard InChI is InChI=1S/C19H25F4NO3/c1-14(24-27-12-8-11-15-9-6-5-7-10-15)17(2,3)13-26-16(25)19(22,23)18(4,20)21/h5-7,9-10H,8,11-13H2,1-4H3/b24-14+. The molecule has 0 amide bonds. The smallest absolute Gasteiger partial charge is 0.404 e. The first-order valence-electron chi connectivity index (χ1n) is 8.52. The molecule has 0 aliphatic heterocycles. The lowest BCUT2D eigenvalue weighted by Crippen LogP contribution is -2.47. The zero-order valence-electron chi connectivity index (χ0n) is 15.9. The third kappa shape index (κ3) is 6.84. The number of oxime groups is 1. The van der Waals surface area contributed by atoms with Crippen molar-refractivity contribution in [2.24, 2.45) is 10.6 Å². The Labute approximate surface area is 156 Å². The minimum Gasteiger partial charge on any atom is -0.460 e. The summed E-state index contributed by atoms with van der Waals surface area (Å²) in [5, 5.41) is 3.91. The third-order valence-electron chi connectivity index (χ3n) is 4.10. The number of carbonyl (C=O) groups is 1. The molecule has 1 aromatic carbocycles. The molecule has 0 fully saturated rings. The van der Waals surface area contributed by atoms with E-state index in [1.165, 1.54) is 5.56 Å². The lowest BCUT2D eigenvalue weighted by Gasteiger charge is -2.26. The average Bonchev–Trinajstić information content (AvgIpc) is 2.59. The molecule has 0 bridgehead atoms. The Hall–Kier alpha value is -2.12. The van der Waals surface area contributed by atoms with Crippen molar-refractivity contribution in [1.29, 1.82) is 0 Å². The number of rotatable bonds is 10. The highest BCUT2D eigenvalue weighted by Gasteiger charge is 2.60. The van der Waals surface area contributed by atoms with Crippen LogP contribution in [-0.4, -0.2) is 36.7 Å². The maximum atomic E-state index is 13.2. The van der Waals surface area contributed by atoms with Gasteiger partial charge in [0.2, 0.25) is 0 Å². The van der Waals surface area contributed by atoms with Gasteiger partial charge in [-0.05, 0) is 25.3 Å². The molecule has 0 radical (unpaired) electrons. The van der Waals surface area contributed by atoms with Crippen molar-refractivity contribution in [2.75, 3.05) is 13.2 Å². The first-order chi connectivity index (χ1) is 12.4. The van der Waals surface area contributed by atoms with Crippen molar-refractivity contribution in [3.8, 4) is 0 Å². The first-order valence-corrected chi connectivity index (χ1v) is 8.52. The quantitative estimate of drug-likeness (QED) is 0.188. The van der Waals surface area contributed by atoms with Gasteiger partial charge in [0, 0.05) is 12.3 Å². The van der Waals surface area contributed by atoms with Gasteiger partial charge in [0.1, 0.15) is 13.2 Å². The van der Waals surface area contributed by atoms with Crippen molar-refractivity contribution in [1.82, 2.24) is 0 Å². The highest BCUT2D eigenvalue weighted by atomic mass is 19.3. The predicted molar refractivity (Wildman–Crippen MR) is 94.1 cm³/mol. The van der Waals surface area contributed by atoms with Gasteiger partial charge < -0.3 is 9.57 Å². The number of benzene rings is 1. The topological polar surface area (TPSA) is 47.9 Å². The van der Waals surface area contributed by atoms with Crippen LogP contribution in [0.4, 0.5) is 17.6 Å². The van der Waals surface area contributed by atoms with Crippen LogP contribution in [0.1, 0.15) is 39.7 Å². The molecule has 4 nitrogen and oxygen atoms in total. The fraction of sp³-hybridized carbons (Fsp3) is 0.579. The SMILES string of the molecule is C/C(=N\OCCCc1ccccc1)C(C)(C)COC(=O)C(F)(F)C(C)(F)F. The lowest BCUT2D eigenvalue weighted by atomic mass is 9.89. The number of hydrogen-bond donors (Lipinski definition) is 0. The van der Waals surface area contributed by atoms with Crippen molar-refractivity contribution >= 4 is 11.7 Å². The zero-order valence-corrected chi connectivity index (χ0v) is 15.9. The zero-order chi connectivity index (χ0) is 20.7. The highest BCUT2D eigenvalue weighted by molar-refractivity contribution is 5.87. The van der Waals surface area contributed by atoms with Crippen LogP contribution in [0.5, 0.6) is 0 Å². The second-order valence-electron chi connectivity index (χ2n) is 7.02. The Morgan fingerprint density at radius 1 is 1.07 bits per heavy atom. The second kappa shape index (κ2) is 9.19. The summed E-state index contributed by atoms with van der Waals surface area (Å²) in [7, 11) is 0. The maximum Gasteiger partial charge on any atom is 0.404 e. The van der Waals surface area contributed by atoms with E-state index in [1.807, 2.05) is 30.3 Å². The number of alkyl halides is 4. The van der Waals surface area contributed by atoms with Gasteiger partial charge in [0.15, 0.2) is 0 Å². The number of nitrogens with zero attached hydrogens (tertiary/aromatic N) is 1. The molecule has 0 saturated heterocycles. The van der Waals surface area contributed by atoms with Crippen molar-refractivity contribution < 1.29 is 31.9 Å². The number of carbonyl (C=O) groups excluding carboxylic acids is 1. The number of hydrogen-bond acceptors (Lipinski definition) is 4. The van der Waals surface area contributed by atoms with E-state index in [0.717, 1.165) is 12.8 Å². The van der Waals surface area contributed by atoms with Gasteiger partial charge in [-0.3, -0.25) is 0 Å². The second-order valence-corrected chi connectivity index (χ2v) is 7.02. The van der Waals surface area contributed by atoms with E-state index < -0.39 is 29.8 Å². The molecule has 1 rings (SSSR count). The van der Waals surface area contributed by atoms with Crippen LogP contribution in [0, 0.1) is 5.41 Å². The number of halogens is 4. The maximum absolute atomic E-state index is 13.2. The van der Waals surface area contributed by atoms with Crippen molar-refractivity contribution in [3.63, 3.8) is 0 Å². The Morgan fingerprint density at radius 3 is 2.22 bits per heavy atom. The molecule has 0 spiro atoms. The lowest BCUT2D eigenvalue weighted by molar-refractivity contribution is -0.223. The van der Waals surface area contributed by atoms with E-state index in [-0.39, 0.29) is 6.92 Å². The molecule has 0 unspecified atom stereocenters. The molecule has 0 aromatic heterocycles. The summed E-state index contributed by atoms with van der Waals surface area (Å²) in [5.74, 6) is -11.7. The van der Waals surface area contributed by atoms with Crippen molar-refractivity contribution in [3.05, 3.63) is 35.9 Å². The normalized spacial score (nSPS) is 13.4. The summed E-state index contributed by atoms with van der Waals surface area (Å²) < 4.78 is 56.5. The van der Waals surface area contributed by atoms with Crippen LogP contribution >= 0.6 is 0 Å². The molecule has 0 saturated carbocycles. The van der Waals surface area contributed by atoms with Crippen LogP contribution in [0.15, 0.2) is 35.5 Å².